The molecule has 2 aliphatic rings. The van der Waals surface area contributed by atoms with Gasteiger partial charge in [0.15, 0.2) is 6.61 Å². The van der Waals surface area contributed by atoms with Gasteiger partial charge in [0.1, 0.15) is 0 Å². The number of hydrogen-bond acceptors (Lipinski definition) is 5. The van der Waals surface area contributed by atoms with Crippen LogP contribution in [0.15, 0.2) is 42.5 Å². The van der Waals surface area contributed by atoms with E-state index in [-0.39, 0.29) is 24.7 Å². The molecule has 0 aliphatic carbocycles. The van der Waals surface area contributed by atoms with Crippen molar-refractivity contribution in [2.75, 3.05) is 23.9 Å². The largest absolute Gasteiger partial charge is 0.452 e. The molecule has 2 aromatic carbocycles. The number of para-hydroxylation sites is 1. The van der Waals surface area contributed by atoms with Crippen LogP contribution in [0.1, 0.15) is 34.3 Å². The number of rotatable bonds is 4. The smallest absolute Gasteiger partial charge is 0.354 e. The van der Waals surface area contributed by atoms with Crippen molar-refractivity contribution in [1.29, 1.82) is 0 Å². The monoisotopic (exact) mass is 421 g/mol. The second-order valence-corrected chi connectivity index (χ2v) is 7.80. The summed E-state index contributed by atoms with van der Waals surface area (Å²) in [5.41, 5.74) is 1.71. The highest BCUT2D eigenvalue weighted by Crippen LogP contribution is 2.44. The Balaban J connectivity index is 1.56. The molecule has 4 rings (SSSR count). The number of fused-ring (bicyclic) bond motifs is 3. The van der Waals surface area contributed by atoms with Gasteiger partial charge < -0.3 is 15.0 Å². The lowest BCUT2D eigenvalue weighted by molar-refractivity contribution is -0.158. The van der Waals surface area contributed by atoms with Crippen LogP contribution in [0.2, 0.25) is 0 Å². The zero-order chi connectivity index (χ0) is 22.3. The minimum atomic E-state index is -1.60. The first kappa shape index (κ1) is 20.6. The summed E-state index contributed by atoms with van der Waals surface area (Å²) in [4.78, 5) is 53.8. The van der Waals surface area contributed by atoms with E-state index in [1.165, 1.54) is 16.8 Å². The molecule has 0 unspecified atom stereocenters. The van der Waals surface area contributed by atoms with Crippen LogP contribution in [0.3, 0.4) is 0 Å². The van der Waals surface area contributed by atoms with Gasteiger partial charge in [0.05, 0.1) is 11.3 Å². The minimum Gasteiger partial charge on any atom is -0.452 e. The summed E-state index contributed by atoms with van der Waals surface area (Å²) in [6, 6.07) is 12.2. The fraction of sp³-hybridized carbons (Fsp3) is 0.304. The number of benzene rings is 2. The molecule has 2 heterocycles. The zero-order valence-electron chi connectivity index (χ0n) is 17.6. The minimum absolute atomic E-state index is 0.0930. The number of carbonyl (C=O) groups is 4. The van der Waals surface area contributed by atoms with Crippen molar-refractivity contribution in [2.24, 2.45) is 0 Å². The number of likely N-dealkylation sites (N-methyl/N-ethyl adjacent to an activating group) is 1. The Bertz CT molecular complexity index is 1110. The SMILES string of the molecule is Cc1cccc(NC(=O)COC(=O)[C@]23CCC(=O)N2c2ccccc2C(=O)N3C)c1C. The molecule has 1 saturated heterocycles. The number of carbonyl (C=O) groups excluding carboxylic acids is 4. The van der Waals surface area contributed by atoms with Crippen LogP contribution < -0.4 is 10.2 Å². The van der Waals surface area contributed by atoms with Gasteiger partial charge in [-0.15, -0.1) is 0 Å². The van der Waals surface area contributed by atoms with Crippen molar-refractivity contribution < 1.29 is 23.9 Å². The lowest BCUT2D eigenvalue weighted by atomic mass is 9.97. The van der Waals surface area contributed by atoms with Gasteiger partial charge in [-0.1, -0.05) is 24.3 Å². The van der Waals surface area contributed by atoms with Crippen LogP contribution in [-0.4, -0.2) is 47.9 Å². The first-order chi connectivity index (χ1) is 14.8. The predicted molar refractivity (Wildman–Crippen MR) is 113 cm³/mol. The standard InChI is InChI=1S/C23H23N3O5/c1-14-7-6-9-17(15(14)2)24-19(27)13-31-22(30)23-12-11-20(28)26(23)18-10-5-4-8-16(18)21(29)25(23)3/h4-10H,11-13H2,1-3H3,(H,24,27)/t23-/m0/s1. The van der Waals surface area contributed by atoms with Gasteiger partial charge in [-0.3, -0.25) is 19.3 Å². The highest BCUT2D eigenvalue weighted by atomic mass is 16.5. The van der Waals surface area contributed by atoms with Crippen molar-refractivity contribution in [1.82, 2.24) is 4.90 Å². The summed E-state index contributed by atoms with van der Waals surface area (Å²) in [5.74, 6) is -1.96. The number of ether oxygens (including phenoxy) is 1. The molecule has 8 nitrogen and oxygen atoms in total. The van der Waals surface area contributed by atoms with E-state index in [0.717, 1.165) is 11.1 Å². The third-order valence-corrected chi connectivity index (χ3v) is 6.08. The van der Waals surface area contributed by atoms with Crippen molar-refractivity contribution in [3.63, 3.8) is 0 Å². The molecular weight excluding hydrogens is 398 g/mol. The molecule has 1 fully saturated rings. The van der Waals surface area contributed by atoms with Crippen LogP contribution in [-0.2, 0) is 19.1 Å². The molecule has 0 aromatic heterocycles. The Morgan fingerprint density at radius 3 is 2.61 bits per heavy atom. The van der Waals surface area contributed by atoms with E-state index in [2.05, 4.69) is 5.32 Å². The van der Waals surface area contributed by atoms with Gasteiger partial charge in [-0.05, 0) is 43.2 Å². The van der Waals surface area contributed by atoms with Gasteiger partial charge in [0.2, 0.25) is 11.6 Å². The van der Waals surface area contributed by atoms with Gasteiger partial charge in [0, 0.05) is 25.6 Å². The van der Waals surface area contributed by atoms with Gasteiger partial charge in [-0.25, -0.2) is 4.79 Å². The van der Waals surface area contributed by atoms with E-state index in [4.69, 9.17) is 4.74 Å². The van der Waals surface area contributed by atoms with Crippen LogP contribution in [0.4, 0.5) is 11.4 Å². The van der Waals surface area contributed by atoms with Gasteiger partial charge in [0.25, 0.3) is 11.8 Å². The Morgan fingerprint density at radius 1 is 1.10 bits per heavy atom. The predicted octanol–water partition coefficient (Wildman–Crippen LogP) is 2.39. The molecule has 8 heteroatoms. The highest BCUT2D eigenvalue weighted by Gasteiger charge is 2.60. The average molecular weight is 421 g/mol. The number of hydrogen-bond donors (Lipinski definition) is 1. The molecule has 0 bridgehead atoms. The molecule has 160 valence electrons. The summed E-state index contributed by atoms with van der Waals surface area (Å²) < 4.78 is 5.33. The summed E-state index contributed by atoms with van der Waals surface area (Å²) in [6.45, 7) is 3.29. The van der Waals surface area contributed by atoms with Crippen LogP contribution in [0, 0.1) is 13.8 Å². The maximum absolute atomic E-state index is 13.2. The number of amides is 3. The molecule has 1 atom stereocenters. The van der Waals surface area contributed by atoms with E-state index in [1.54, 1.807) is 30.3 Å². The summed E-state index contributed by atoms with van der Waals surface area (Å²) in [7, 11) is 1.47. The normalized spacial score (nSPS) is 19.7. The molecule has 1 N–H and O–H groups in total. The van der Waals surface area contributed by atoms with Crippen LogP contribution >= 0.6 is 0 Å². The van der Waals surface area contributed by atoms with E-state index in [0.29, 0.717) is 16.9 Å². The Hall–Kier alpha value is -3.68. The van der Waals surface area contributed by atoms with Gasteiger partial charge >= 0.3 is 5.97 Å². The Morgan fingerprint density at radius 2 is 1.84 bits per heavy atom. The quantitative estimate of drug-likeness (QED) is 0.765. The molecule has 0 saturated carbocycles. The van der Waals surface area contributed by atoms with E-state index in [1.807, 2.05) is 26.0 Å². The summed E-state index contributed by atoms with van der Waals surface area (Å²) >= 11 is 0. The second-order valence-electron chi connectivity index (χ2n) is 7.80. The van der Waals surface area contributed by atoms with Gasteiger partial charge in [-0.2, -0.15) is 0 Å². The fourth-order valence-corrected chi connectivity index (χ4v) is 4.21. The number of nitrogens with zero attached hydrogens (tertiary/aromatic N) is 2. The number of aryl methyl sites for hydroxylation is 1. The van der Waals surface area contributed by atoms with Crippen molar-refractivity contribution >= 4 is 35.1 Å². The maximum atomic E-state index is 13.2. The van der Waals surface area contributed by atoms with E-state index < -0.39 is 24.1 Å². The van der Waals surface area contributed by atoms with Crippen molar-refractivity contribution in [3.05, 3.63) is 59.2 Å². The lowest BCUT2D eigenvalue weighted by Gasteiger charge is -2.46. The van der Waals surface area contributed by atoms with Crippen molar-refractivity contribution in [2.45, 2.75) is 32.4 Å². The molecular formula is C23H23N3O5. The van der Waals surface area contributed by atoms with E-state index >= 15 is 0 Å². The maximum Gasteiger partial charge on any atom is 0.354 e. The zero-order valence-corrected chi connectivity index (χ0v) is 17.6. The van der Waals surface area contributed by atoms with Crippen LogP contribution in [0.5, 0.6) is 0 Å². The molecule has 2 aromatic rings. The lowest BCUT2D eigenvalue weighted by Crippen LogP contribution is -2.67. The Kier molecular flexibility index (Phi) is 5.00. The topological polar surface area (TPSA) is 96.0 Å². The number of anilines is 2. The second kappa shape index (κ2) is 7.54. The molecule has 31 heavy (non-hydrogen) atoms. The third-order valence-electron chi connectivity index (χ3n) is 6.08. The molecule has 3 amide bonds. The fourth-order valence-electron chi connectivity index (χ4n) is 4.21. The first-order valence-corrected chi connectivity index (χ1v) is 10.0. The molecule has 0 spiro atoms. The third kappa shape index (κ3) is 3.15. The Labute approximate surface area is 179 Å². The average Bonchev–Trinajstić information content (AvgIpc) is 3.12. The number of esters is 1. The molecule has 2 aliphatic heterocycles. The summed E-state index contributed by atoms with van der Waals surface area (Å²) in [6.07, 6.45) is 0.190. The van der Waals surface area contributed by atoms with E-state index in [9.17, 15) is 19.2 Å². The van der Waals surface area contributed by atoms with Crippen molar-refractivity contribution in [3.8, 4) is 0 Å². The summed E-state index contributed by atoms with van der Waals surface area (Å²) in [5, 5.41) is 2.73. The highest BCUT2D eigenvalue weighted by molar-refractivity contribution is 6.15. The molecule has 0 radical (unpaired) electrons. The number of nitrogens with one attached hydrogen (secondary N) is 1. The van der Waals surface area contributed by atoms with Crippen LogP contribution in [0.25, 0.3) is 0 Å². The first-order valence-electron chi connectivity index (χ1n) is 10.0.